The highest BCUT2D eigenvalue weighted by atomic mass is 32.2. The van der Waals surface area contributed by atoms with Gasteiger partial charge < -0.3 is 14.9 Å². The third-order valence-corrected chi connectivity index (χ3v) is 20.4. The van der Waals surface area contributed by atoms with E-state index in [1.807, 2.05) is 0 Å². The Bertz CT molecular complexity index is 1610. The van der Waals surface area contributed by atoms with Crippen molar-refractivity contribution in [3.05, 3.63) is 0 Å². The molecule has 8 rings (SSSR count). The van der Waals surface area contributed by atoms with Crippen molar-refractivity contribution >= 4 is 33.3 Å². The minimum absolute atomic E-state index is 0.00600. The fourth-order valence-corrected chi connectivity index (χ4v) is 16.7. The van der Waals surface area contributed by atoms with Gasteiger partial charge in [0.25, 0.3) is 0 Å². The lowest BCUT2D eigenvalue weighted by atomic mass is 9.70. The lowest BCUT2D eigenvalue weighted by Crippen LogP contribution is -2.44. The molecule has 0 aromatic heterocycles. The highest BCUT2D eigenvalue weighted by molar-refractivity contribution is 7.92. The molecule has 8 saturated carbocycles. The Hall–Kier alpha value is -2.05. The maximum Gasteiger partial charge on any atom is 0.308 e. The number of rotatable bonds is 16. The van der Waals surface area contributed by atoms with Crippen LogP contribution in [0.25, 0.3) is 0 Å². The zero-order valence-corrected chi connectivity index (χ0v) is 37.4. The number of hydrogen-bond donors (Lipinski definition) is 3. The van der Waals surface area contributed by atoms with E-state index in [2.05, 4.69) is 10.9 Å². The van der Waals surface area contributed by atoms with Gasteiger partial charge in [0.15, 0.2) is 9.84 Å². The number of unbranched alkanes of at least 4 members (excludes halogenated alkanes) is 5. The van der Waals surface area contributed by atoms with Crippen molar-refractivity contribution in [2.75, 3.05) is 13.2 Å². The smallest absolute Gasteiger partial charge is 0.308 e. The largest absolute Gasteiger partial charge is 0.465 e. The Labute approximate surface area is 360 Å². The van der Waals surface area contributed by atoms with Gasteiger partial charge in [-0.2, -0.15) is 5.10 Å². The maximum absolute atomic E-state index is 13.5. The average Bonchev–Trinajstić information content (AvgIpc) is 3.76. The number of carbonyl (C=O) groups excluding carboxylic acids is 3. The molecule has 4 N–H and O–H groups in total. The molecule has 0 heterocycles. The molecule has 0 aliphatic heterocycles. The summed E-state index contributed by atoms with van der Waals surface area (Å²) in [5, 5.41) is 4.73. The second kappa shape index (κ2) is 20.6. The topological polar surface area (TPSA) is 166 Å². The summed E-state index contributed by atoms with van der Waals surface area (Å²) in [6.45, 7) is 0.989. The van der Waals surface area contributed by atoms with Crippen LogP contribution in [0.5, 0.6) is 0 Å². The number of nitrogens with one attached hydrogen (secondary N) is 2. The van der Waals surface area contributed by atoms with Crippen LogP contribution in [-0.4, -0.2) is 67.6 Å². The molecule has 0 aromatic rings. The highest BCUT2D eigenvalue weighted by Crippen LogP contribution is 2.55. The van der Waals surface area contributed by atoms with Crippen LogP contribution in [-0.2, 0) is 33.7 Å². The first-order valence-electron chi connectivity index (χ1n) is 25.1. The van der Waals surface area contributed by atoms with Gasteiger partial charge in [0.1, 0.15) is 5.78 Å². The van der Waals surface area contributed by atoms with E-state index >= 15 is 0 Å². The van der Waals surface area contributed by atoms with E-state index in [1.54, 1.807) is 0 Å². The van der Waals surface area contributed by atoms with Crippen molar-refractivity contribution in [2.45, 2.75) is 202 Å². The first-order chi connectivity index (χ1) is 29.2. The van der Waals surface area contributed by atoms with Gasteiger partial charge in [-0.05, 0) is 152 Å². The van der Waals surface area contributed by atoms with E-state index in [-0.39, 0.29) is 58.2 Å². The molecular formula is C48H78N4O7S. The molecule has 8 aliphatic carbocycles. The van der Waals surface area contributed by atoms with E-state index < -0.39 is 9.84 Å². The molecule has 0 aromatic carbocycles. The number of hydrazine groups is 1. The zero-order valence-electron chi connectivity index (χ0n) is 36.6. The number of hydrogen-bond acceptors (Lipinski definition) is 11. The number of ketones is 1. The quantitative estimate of drug-likeness (QED) is 0.0597. The van der Waals surface area contributed by atoms with Crippen LogP contribution in [0.3, 0.4) is 0 Å². The lowest BCUT2D eigenvalue weighted by Gasteiger charge is -2.34. The Balaban J connectivity index is 0.692. The Morgan fingerprint density at radius 3 is 1.58 bits per heavy atom. The highest BCUT2D eigenvalue weighted by Gasteiger charge is 2.54. The second-order valence-corrected chi connectivity index (χ2v) is 23.4. The van der Waals surface area contributed by atoms with E-state index in [0.29, 0.717) is 80.2 Å². The van der Waals surface area contributed by atoms with Gasteiger partial charge in [-0.25, -0.2) is 8.42 Å². The van der Waals surface area contributed by atoms with E-state index in [4.69, 9.17) is 20.4 Å². The van der Waals surface area contributed by atoms with Gasteiger partial charge in [-0.15, -0.1) is 0 Å². The molecule has 0 spiro atoms. The molecule has 8 aliphatic rings. The SMILES string of the molecule is NNC1CCC(S(=O)(=O)C2CCC(N/N=C3\C4CCCCC4C4CC(C(=O)OCCCCCCCCOC(=O)C5CCC6C(=O)C7CCCCC7C6C5)CCC34)CC2)CC1. The third-order valence-electron chi connectivity index (χ3n) is 17.6. The number of sulfone groups is 1. The summed E-state index contributed by atoms with van der Waals surface area (Å²) in [5.74, 6) is 9.49. The summed E-state index contributed by atoms with van der Waals surface area (Å²) in [4.78, 5) is 39.2. The van der Waals surface area contributed by atoms with Crippen LogP contribution in [0.1, 0.15) is 180 Å². The first kappa shape index (κ1) is 44.6. The average molecular weight is 855 g/mol. The molecule has 0 bridgehead atoms. The molecule has 0 amide bonds. The molecule has 0 radical (unpaired) electrons. The van der Waals surface area contributed by atoms with Crippen molar-refractivity contribution < 1.29 is 32.3 Å². The van der Waals surface area contributed by atoms with Crippen LogP contribution in [0.2, 0.25) is 0 Å². The molecular weight excluding hydrogens is 777 g/mol. The van der Waals surface area contributed by atoms with Crippen molar-refractivity contribution in [3.8, 4) is 0 Å². The number of nitrogens with two attached hydrogens (primary N) is 1. The van der Waals surface area contributed by atoms with Crippen LogP contribution >= 0.6 is 0 Å². The van der Waals surface area contributed by atoms with E-state index in [1.165, 1.54) is 50.7 Å². The fraction of sp³-hybridized carbons (Fsp3) is 0.917. The summed E-state index contributed by atoms with van der Waals surface area (Å²) in [5.41, 5.74) is 7.74. The lowest BCUT2D eigenvalue weighted by molar-refractivity contribution is -0.152. The van der Waals surface area contributed by atoms with Crippen molar-refractivity contribution in [2.24, 2.45) is 70.1 Å². The second-order valence-electron chi connectivity index (χ2n) is 20.9. The third kappa shape index (κ3) is 10.0. The van der Waals surface area contributed by atoms with E-state index in [0.717, 1.165) is 109 Å². The van der Waals surface area contributed by atoms with Crippen LogP contribution < -0.4 is 16.7 Å². The van der Waals surface area contributed by atoms with Gasteiger partial charge >= 0.3 is 11.9 Å². The summed E-state index contributed by atoms with van der Waals surface area (Å²) >= 11 is 0. The summed E-state index contributed by atoms with van der Waals surface area (Å²) in [6, 6.07) is 0.463. The monoisotopic (exact) mass is 855 g/mol. The van der Waals surface area contributed by atoms with Gasteiger partial charge in [-0.1, -0.05) is 51.4 Å². The number of carbonyl (C=O) groups is 3. The number of hydrazone groups is 1. The maximum atomic E-state index is 13.5. The number of nitrogens with zero attached hydrogens (tertiary/aromatic N) is 1. The van der Waals surface area contributed by atoms with Crippen molar-refractivity contribution in [3.63, 3.8) is 0 Å². The van der Waals surface area contributed by atoms with Crippen molar-refractivity contribution in [1.29, 1.82) is 0 Å². The molecule has 11 nitrogen and oxygen atoms in total. The molecule has 10 unspecified atom stereocenters. The summed E-state index contributed by atoms with van der Waals surface area (Å²) < 4.78 is 38.6. The Kier molecular flexibility index (Phi) is 15.3. The van der Waals surface area contributed by atoms with E-state index in [9.17, 15) is 22.8 Å². The standard InChI is InChI=1S/C48H78N4O7S/c49-50-33-17-21-35(22-18-33)60(56,57)36-23-19-34(20-24-36)51-52-45-39-13-7-5-11-37(39)43-29-31(15-25-40(43)45)47(54)58-27-9-3-1-2-4-10-28-59-48(55)32-16-26-42-44(30-32)38-12-6-8-14-41(38)46(42)53/h31-44,50-51H,1-30,49H2/b52-45+. The predicted octanol–water partition coefficient (Wildman–Crippen LogP) is 8.13. The molecule has 8 fully saturated rings. The molecule has 10 atom stereocenters. The van der Waals surface area contributed by atoms with Gasteiger partial charge in [-0.3, -0.25) is 25.7 Å². The minimum atomic E-state index is -3.13. The van der Waals surface area contributed by atoms with Gasteiger partial charge in [0.2, 0.25) is 0 Å². The number of esters is 2. The van der Waals surface area contributed by atoms with Crippen LogP contribution in [0.15, 0.2) is 5.10 Å². The number of fused-ring (bicyclic) bond motifs is 6. The first-order valence-corrected chi connectivity index (χ1v) is 26.7. The van der Waals surface area contributed by atoms with Crippen LogP contribution in [0, 0.1) is 59.2 Å². The minimum Gasteiger partial charge on any atom is -0.465 e. The number of Topliss-reactive ketones (excluding diaryl/α,β-unsaturated/α-hetero) is 1. The zero-order chi connectivity index (χ0) is 41.6. The predicted molar refractivity (Wildman–Crippen MR) is 233 cm³/mol. The van der Waals surface area contributed by atoms with Gasteiger partial charge in [0.05, 0.1) is 35.5 Å². The molecule has 0 saturated heterocycles. The molecule has 60 heavy (non-hydrogen) atoms. The van der Waals surface area contributed by atoms with Crippen molar-refractivity contribution in [1.82, 2.24) is 10.9 Å². The normalized spacial score (nSPS) is 39.9. The Morgan fingerprint density at radius 2 is 1.00 bits per heavy atom. The Morgan fingerprint density at radius 1 is 0.550 bits per heavy atom. The van der Waals surface area contributed by atoms with Gasteiger partial charge in [0, 0.05) is 41.5 Å². The number of ether oxygens (including phenoxy) is 2. The molecule has 12 heteroatoms. The summed E-state index contributed by atoms with van der Waals surface area (Å²) in [7, 11) is -3.13. The fourth-order valence-electron chi connectivity index (χ4n) is 14.3. The summed E-state index contributed by atoms with van der Waals surface area (Å²) in [6.07, 6.45) is 27.2. The van der Waals surface area contributed by atoms with Crippen LogP contribution in [0.4, 0.5) is 0 Å². The molecule has 338 valence electrons.